The molecule has 4 heteroatoms. The third-order valence-electron chi connectivity index (χ3n) is 2.71. The van der Waals surface area contributed by atoms with Crippen LogP contribution < -0.4 is 10.1 Å². The van der Waals surface area contributed by atoms with E-state index in [1.165, 1.54) is 0 Å². The van der Waals surface area contributed by atoms with Crippen LogP contribution >= 0.6 is 23.2 Å². The monoisotopic (exact) mass is 295 g/mol. The number of halogens is 2. The molecule has 2 rings (SSSR count). The van der Waals surface area contributed by atoms with Gasteiger partial charge in [0.05, 0.1) is 5.02 Å². The molecule has 0 saturated carbocycles. The summed E-state index contributed by atoms with van der Waals surface area (Å²) in [6.07, 6.45) is 0. The molecule has 0 fully saturated rings. The second-order valence-electron chi connectivity index (χ2n) is 4.16. The van der Waals surface area contributed by atoms with Crippen LogP contribution in [-0.2, 0) is 0 Å². The maximum absolute atomic E-state index is 6.00. The van der Waals surface area contributed by atoms with Crippen molar-refractivity contribution in [3.8, 4) is 5.75 Å². The lowest BCUT2D eigenvalue weighted by molar-refractivity contribution is 0.333. The maximum Gasteiger partial charge on any atom is 0.137 e. The smallest absolute Gasteiger partial charge is 0.137 e. The molecule has 100 valence electrons. The van der Waals surface area contributed by atoms with Crippen LogP contribution in [0.1, 0.15) is 5.56 Å². The predicted molar refractivity (Wildman–Crippen MR) is 81.6 cm³/mol. The summed E-state index contributed by atoms with van der Waals surface area (Å²) in [5, 5.41) is 4.64. The van der Waals surface area contributed by atoms with E-state index in [0.29, 0.717) is 23.9 Å². The molecule has 0 unspecified atom stereocenters. The lowest BCUT2D eigenvalue weighted by Gasteiger charge is -2.11. The Kier molecular flexibility index (Phi) is 4.94. The van der Waals surface area contributed by atoms with Crippen LogP contribution in [0.4, 0.5) is 5.69 Å². The molecule has 0 aliphatic rings. The van der Waals surface area contributed by atoms with E-state index in [4.69, 9.17) is 27.9 Å². The highest BCUT2D eigenvalue weighted by Gasteiger charge is 2.01. The molecule has 0 radical (unpaired) electrons. The van der Waals surface area contributed by atoms with E-state index < -0.39 is 0 Å². The maximum atomic E-state index is 6.00. The van der Waals surface area contributed by atoms with Crippen LogP contribution in [0.5, 0.6) is 5.75 Å². The number of benzene rings is 2. The Balaban J connectivity index is 1.84. The highest BCUT2D eigenvalue weighted by atomic mass is 35.5. The highest BCUT2D eigenvalue weighted by molar-refractivity contribution is 6.32. The molecule has 0 saturated heterocycles. The number of rotatable bonds is 5. The van der Waals surface area contributed by atoms with Crippen molar-refractivity contribution in [3.05, 3.63) is 58.1 Å². The zero-order valence-corrected chi connectivity index (χ0v) is 12.1. The zero-order chi connectivity index (χ0) is 13.7. The third kappa shape index (κ3) is 4.05. The van der Waals surface area contributed by atoms with E-state index >= 15 is 0 Å². The van der Waals surface area contributed by atoms with Crippen molar-refractivity contribution in [1.29, 1.82) is 0 Å². The van der Waals surface area contributed by atoms with Gasteiger partial charge in [-0.05, 0) is 36.8 Å². The number of ether oxygens (including phenoxy) is 1. The first kappa shape index (κ1) is 14.0. The van der Waals surface area contributed by atoms with Gasteiger partial charge in [-0.2, -0.15) is 0 Å². The van der Waals surface area contributed by atoms with Crippen LogP contribution in [0.25, 0.3) is 0 Å². The molecule has 0 aliphatic heterocycles. The normalized spacial score (nSPS) is 10.3. The minimum absolute atomic E-state index is 0.537. The van der Waals surface area contributed by atoms with Gasteiger partial charge in [0, 0.05) is 17.3 Å². The molecule has 0 bridgehead atoms. The molecule has 2 aromatic rings. The molecular formula is C15H15Cl2NO. The van der Waals surface area contributed by atoms with E-state index in [1.807, 2.05) is 49.4 Å². The second-order valence-corrected chi connectivity index (χ2v) is 5.01. The number of hydrogen-bond donors (Lipinski definition) is 1. The standard InChI is InChI=1S/C15H15Cl2NO/c1-11-6-7-12(16)10-14(11)18-8-9-19-15-5-3-2-4-13(15)17/h2-7,10,18H,8-9H2,1H3. The summed E-state index contributed by atoms with van der Waals surface area (Å²) >= 11 is 12.0. The average Bonchev–Trinajstić information content (AvgIpc) is 2.40. The fraction of sp³-hybridized carbons (Fsp3) is 0.200. The van der Waals surface area contributed by atoms with Crippen LogP contribution in [-0.4, -0.2) is 13.2 Å². The molecule has 0 aromatic heterocycles. The van der Waals surface area contributed by atoms with Crippen molar-refractivity contribution in [1.82, 2.24) is 0 Å². The van der Waals surface area contributed by atoms with E-state index in [1.54, 1.807) is 0 Å². The van der Waals surface area contributed by atoms with E-state index in [0.717, 1.165) is 16.3 Å². The number of nitrogens with one attached hydrogen (secondary N) is 1. The first-order chi connectivity index (χ1) is 9.16. The number of aryl methyl sites for hydroxylation is 1. The summed E-state index contributed by atoms with van der Waals surface area (Å²) in [4.78, 5) is 0. The Bertz CT molecular complexity index is 558. The minimum atomic E-state index is 0.537. The van der Waals surface area contributed by atoms with Crippen LogP contribution in [0.3, 0.4) is 0 Å². The van der Waals surface area contributed by atoms with Gasteiger partial charge in [0.1, 0.15) is 12.4 Å². The second kappa shape index (κ2) is 6.69. The molecule has 1 N–H and O–H groups in total. The van der Waals surface area contributed by atoms with Crippen molar-refractivity contribution < 1.29 is 4.74 Å². The summed E-state index contributed by atoms with van der Waals surface area (Å²) in [6.45, 7) is 3.26. The summed E-state index contributed by atoms with van der Waals surface area (Å²) < 4.78 is 5.60. The molecule has 0 amide bonds. The van der Waals surface area contributed by atoms with Gasteiger partial charge in [-0.3, -0.25) is 0 Å². The van der Waals surface area contributed by atoms with Gasteiger partial charge in [0.25, 0.3) is 0 Å². The summed E-state index contributed by atoms with van der Waals surface area (Å²) in [6, 6.07) is 13.2. The molecule has 2 aromatic carbocycles. The Morgan fingerprint density at radius 2 is 1.89 bits per heavy atom. The van der Waals surface area contributed by atoms with Gasteiger partial charge in [-0.25, -0.2) is 0 Å². The van der Waals surface area contributed by atoms with Crippen LogP contribution in [0, 0.1) is 6.92 Å². The molecule has 0 atom stereocenters. The molecule has 19 heavy (non-hydrogen) atoms. The van der Waals surface area contributed by atoms with Crippen molar-refractivity contribution in [2.75, 3.05) is 18.5 Å². The number of para-hydroxylation sites is 1. The third-order valence-corrected chi connectivity index (χ3v) is 3.26. The van der Waals surface area contributed by atoms with Crippen molar-refractivity contribution >= 4 is 28.9 Å². The number of anilines is 1. The Labute approximate surface area is 123 Å². The lowest BCUT2D eigenvalue weighted by Crippen LogP contribution is -2.12. The van der Waals surface area contributed by atoms with Gasteiger partial charge in [0.2, 0.25) is 0 Å². The fourth-order valence-corrected chi connectivity index (χ4v) is 2.06. The quantitative estimate of drug-likeness (QED) is 0.801. The lowest BCUT2D eigenvalue weighted by atomic mass is 10.2. The van der Waals surface area contributed by atoms with Gasteiger partial charge >= 0.3 is 0 Å². The van der Waals surface area contributed by atoms with E-state index in [9.17, 15) is 0 Å². The minimum Gasteiger partial charge on any atom is -0.490 e. The van der Waals surface area contributed by atoms with E-state index in [-0.39, 0.29) is 0 Å². The summed E-state index contributed by atoms with van der Waals surface area (Å²) in [5.41, 5.74) is 2.18. The molecule has 2 nitrogen and oxygen atoms in total. The molecule has 0 heterocycles. The summed E-state index contributed by atoms with van der Waals surface area (Å²) in [5.74, 6) is 0.703. The van der Waals surface area contributed by atoms with Gasteiger partial charge in [0.15, 0.2) is 0 Å². The highest BCUT2D eigenvalue weighted by Crippen LogP contribution is 2.23. The summed E-state index contributed by atoms with van der Waals surface area (Å²) in [7, 11) is 0. The Morgan fingerprint density at radius 3 is 2.68 bits per heavy atom. The zero-order valence-electron chi connectivity index (χ0n) is 10.6. The number of hydrogen-bond acceptors (Lipinski definition) is 2. The first-order valence-electron chi connectivity index (χ1n) is 6.04. The largest absolute Gasteiger partial charge is 0.490 e. The van der Waals surface area contributed by atoms with Crippen LogP contribution in [0.2, 0.25) is 10.0 Å². The van der Waals surface area contributed by atoms with Crippen molar-refractivity contribution in [2.24, 2.45) is 0 Å². The predicted octanol–water partition coefficient (Wildman–Crippen LogP) is 4.79. The van der Waals surface area contributed by atoms with Crippen molar-refractivity contribution in [3.63, 3.8) is 0 Å². The topological polar surface area (TPSA) is 21.3 Å². The fourth-order valence-electron chi connectivity index (χ4n) is 1.69. The first-order valence-corrected chi connectivity index (χ1v) is 6.80. The van der Waals surface area contributed by atoms with Gasteiger partial charge in [-0.1, -0.05) is 41.4 Å². The molecule has 0 aliphatic carbocycles. The average molecular weight is 296 g/mol. The Hall–Kier alpha value is -1.38. The Morgan fingerprint density at radius 1 is 1.11 bits per heavy atom. The van der Waals surface area contributed by atoms with Crippen LogP contribution in [0.15, 0.2) is 42.5 Å². The molecule has 0 spiro atoms. The molecular weight excluding hydrogens is 281 g/mol. The van der Waals surface area contributed by atoms with Gasteiger partial charge < -0.3 is 10.1 Å². The SMILES string of the molecule is Cc1ccc(Cl)cc1NCCOc1ccccc1Cl. The van der Waals surface area contributed by atoms with Gasteiger partial charge in [-0.15, -0.1) is 0 Å². The van der Waals surface area contributed by atoms with E-state index in [2.05, 4.69) is 5.32 Å². The van der Waals surface area contributed by atoms with Crippen molar-refractivity contribution in [2.45, 2.75) is 6.92 Å².